The van der Waals surface area contributed by atoms with Crippen LogP contribution >= 0.6 is 0 Å². The first-order chi connectivity index (χ1) is 12.0. The first kappa shape index (κ1) is 17.2. The Morgan fingerprint density at radius 3 is 2.60 bits per heavy atom. The molecule has 7 heteroatoms. The molecule has 3 rings (SSSR count). The van der Waals surface area contributed by atoms with Crippen molar-refractivity contribution in [3.63, 3.8) is 0 Å². The molecule has 0 spiro atoms. The van der Waals surface area contributed by atoms with Gasteiger partial charge in [0, 0.05) is 11.3 Å². The summed E-state index contributed by atoms with van der Waals surface area (Å²) >= 11 is 0. The van der Waals surface area contributed by atoms with E-state index in [2.05, 4.69) is 14.9 Å². The molecule has 2 aromatic carbocycles. The van der Waals surface area contributed by atoms with Crippen LogP contribution in [0.3, 0.4) is 0 Å². The number of anilines is 1. The second kappa shape index (κ2) is 7.48. The van der Waals surface area contributed by atoms with Crippen LogP contribution in [-0.4, -0.2) is 24.3 Å². The van der Waals surface area contributed by atoms with E-state index in [1.165, 1.54) is 0 Å². The molecule has 3 aromatic rings. The highest BCUT2D eigenvalue weighted by atomic mass is 32.2. The summed E-state index contributed by atoms with van der Waals surface area (Å²) in [5, 5.41) is 3.74. The van der Waals surface area contributed by atoms with Gasteiger partial charge in [-0.3, -0.25) is 4.72 Å². The van der Waals surface area contributed by atoms with E-state index in [9.17, 15) is 8.42 Å². The Labute approximate surface area is 147 Å². The third-order valence-electron chi connectivity index (χ3n) is 3.63. The van der Waals surface area contributed by atoms with E-state index in [-0.39, 0.29) is 5.75 Å². The number of rotatable bonds is 7. The molecule has 0 aliphatic carbocycles. The Morgan fingerprint density at radius 2 is 1.88 bits per heavy atom. The minimum atomic E-state index is -3.42. The summed E-state index contributed by atoms with van der Waals surface area (Å²) < 4.78 is 32.3. The normalized spacial score (nSPS) is 11.4. The van der Waals surface area contributed by atoms with E-state index >= 15 is 0 Å². The smallest absolute Gasteiger partial charge is 0.257 e. The minimum Gasteiger partial charge on any atom is -0.334 e. The fourth-order valence-electron chi connectivity index (χ4n) is 2.47. The highest BCUT2D eigenvalue weighted by molar-refractivity contribution is 7.92. The molecule has 1 aromatic heterocycles. The Morgan fingerprint density at radius 1 is 1.08 bits per heavy atom. The Hall–Kier alpha value is -2.67. The van der Waals surface area contributed by atoms with E-state index in [0.717, 1.165) is 12.0 Å². The maximum atomic E-state index is 12.3. The Kier molecular flexibility index (Phi) is 5.14. The summed E-state index contributed by atoms with van der Waals surface area (Å²) in [5.74, 6) is 0.954. The fraction of sp³-hybridized carbons (Fsp3) is 0.222. The second-order valence-electron chi connectivity index (χ2n) is 5.74. The van der Waals surface area contributed by atoms with Crippen LogP contribution in [-0.2, 0) is 16.4 Å². The van der Waals surface area contributed by atoms with E-state index in [0.29, 0.717) is 29.4 Å². The lowest BCUT2D eigenvalue weighted by Crippen LogP contribution is -2.17. The molecule has 0 bridgehead atoms. The van der Waals surface area contributed by atoms with Crippen molar-refractivity contribution in [2.24, 2.45) is 0 Å². The molecule has 0 unspecified atom stereocenters. The maximum Gasteiger partial charge on any atom is 0.257 e. The average molecular weight is 357 g/mol. The third kappa shape index (κ3) is 4.90. The monoisotopic (exact) mass is 357 g/mol. The van der Waals surface area contributed by atoms with Crippen molar-refractivity contribution in [1.29, 1.82) is 0 Å². The molecule has 0 amide bonds. The summed E-state index contributed by atoms with van der Waals surface area (Å²) in [6, 6.07) is 16.8. The zero-order chi connectivity index (χ0) is 17.7. The molecular formula is C18H19N3O3S. The Bertz CT molecular complexity index is 937. The van der Waals surface area contributed by atoms with Crippen LogP contribution in [0.4, 0.5) is 5.69 Å². The number of sulfonamides is 1. The first-order valence-corrected chi connectivity index (χ1v) is 9.62. The molecule has 130 valence electrons. The maximum absolute atomic E-state index is 12.3. The number of hydrogen-bond acceptors (Lipinski definition) is 5. The van der Waals surface area contributed by atoms with Crippen molar-refractivity contribution in [3.05, 3.63) is 66.0 Å². The van der Waals surface area contributed by atoms with Gasteiger partial charge in [-0.05, 0) is 43.5 Å². The van der Waals surface area contributed by atoms with Crippen molar-refractivity contribution in [1.82, 2.24) is 10.1 Å². The van der Waals surface area contributed by atoms with Gasteiger partial charge in [0.1, 0.15) is 0 Å². The molecule has 0 fully saturated rings. The molecule has 1 heterocycles. The highest BCUT2D eigenvalue weighted by Gasteiger charge is 2.12. The number of nitrogens with one attached hydrogen (secondary N) is 1. The topological polar surface area (TPSA) is 85.1 Å². The highest BCUT2D eigenvalue weighted by Crippen LogP contribution is 2.21. The summed E-state index contributed by atoms with van der Waals surface area (Å²) in [6.45, 7) is 1.73. The van der Waals surface area contributed by atoms with Crippen LogP contribution in [0.25, 0.3) is 11.5 Å². The summed E-state index contributed by atoms with van der Waals surface area (Å²) in [4.78, 5) is 4.15. The van der Waals surface area contributed by atoms with Gasteiger partial charge in [-0.15, -0.1) is 0 Å². The van der Waals surface area contributed by atoms with Crippen LogP contribution in [0.1, 0.15) is 17.8 Å². The van der Waals surface area contributed by atoms with Crippen LogP contribution in [0.5, 0.6) is 0 Å². The van der Waals surface area contributed by atoms with Gasteiger partial charge in [-0.25, -0.2) is 8.42 Å². The Balaban J connectivity index is 1.62. The number of aryl methyl sites for hydroxylation is 2. The molecule has 0 saturated heterocycles. The molecule has 6 nitrogen and oxygen atoms in total. The average Bonchev–Trinajstić information content (AvgIpc) is 3.02. The molecule has 25 heavy (non-hydrogen) atoms. The zero-order valence-electron chi connectivity index (χ0n) is 13.8. The van der Waals surface area contributed by atoms with Crippen LogP contribution in [0.15, 0.2) is 59.1 Å². The van der Waals surface area contributed by atoms with E-state index in [4.69, 9.17) is 4.52 Å². The SMILES string of the molecule is Cc1noc(-c2cccc(NS(=O)(=O)CCCc3ccccc3)c2)n1. The summed E-state index contributed by atoms with van der Waals surface area (Å²) in [5.41, 5.74) is 2.28. The fourth-order valence-corrected chi connectivity index (χ4v) is 3.58. The van der Waals surface area contributed by atoms with Gasteiger partial charge in [0.25, 0.3) is 5.89 Å². The molecule has 1 N–H and O–H groups in total. The molecule has 0 aliphatic heterocycles. The number of aromatic nitrogens is 2. The lowest BCUT2D eigenvalue weighted by molar-refractivity contribution is 0.425. The van der Waals surface area contributed by atoms with Crippen molar-refractivity contribution < 1.29 is 12.9 Å². The second-order valence-corrected chi connectivity index (χ2v) is 7.58. The van der Waals surface area contributed by atoms with Crippen LogP contribution < -0.4 is 4.72 Å². The van der Waals surface area contributed by atoms with Gasteiger partial charge >= 0.3 is 0 Å². The van der Waals surface area contributed by atoms with Crippen LogP contribution in [0, 0.1) is 6.92 Å². The molecular weight excluding hydrogens is 338 g/mol. The minimum absolute atomic E-state index is 0.0613. The molecule has 0 atom stereocenters. The summed E-state index contributed by atoms with van der Waals surface area (Å²) in [6.07, 6.45) is 1.28. The number of nitrogens with zero attached hydrogens (tertiary/aromatic N) is 2. The van der Waals surface area contributed by atoms with Gasteiger partial charge in [0.15, 0.2) is 5.82 Å². The van der Waals surface area contributed by atoms with Gasteiger partial charge < -0.3 is 4.52 Å². The summed E-state index contributed by atoms with van der Waals surface area (Å²) in [7, 11) is -3.42. The van der Waals surface area contributed by atoms with Gasteiger partial charge in [-0.2, -0.15) is 4.98 Å². The predicted molar refractivity (Wildman–Crippen MR) is 96.6 cm³/mol. The van der Waals surface area contributed by atoms with Crippen LogP contribution in [0.2, 0.25) is 0 Å². The van der Waals surface area contributed by atoms with Crippen molar-refractivity contribution in [2.45, 2.75) is 19.8 Å². The number of benzene rings is 2. The molecule has 0 saturated carbocycles. The van der Waals surface area contributed by atoms with Gasteiger partial charge in [-0.1, -0.05) is 41.6 Å². The first-order valence-electron chi connectivity index (χ1n) is 7.97. The third-order valence-corrected chi connectivity index (χ3v) is 5.00. The lowest BCUT2D eigenvalue weighted by atomic mass is 10.1. The quantitative estimate of drug-likeness (QED) is 0.700. The van der Waals surface area contributed by atoms with Crippen molar-refractivity contribution in [3.8, 4) is 11.5 Å². The zero-order valence-corrected chi connectivity index (χ0v) is 14.7. The van der Waals surface area contributed by atoms with E-state index < -0.39 is 10.0 Å². The number of hydrogen-bond donors (Lipinski definition) is 1. The van der Waals surface area contributed by atoms with Crippen molar-refractivity contribution >= 4 is 15.7 Å². The molecule has 0 aliphatic rings. The standard InChI is InChI=1S/C18H19N3O3S/c1-14-19-18(24-20-14)16-10-5-11-17(13-16)21-25(22,23)12-6-9-15-7-3-2-4-8-15/h2-5,7-8,10-11,13,21H,6,9,12H2,1H3. The van der Waals surface area contributed by atoms with Crippen molar-refractivity contribution in [2.75, 3.05) is 10.5 Å². The van der Waals surface area contributed by atoms with E-state index in [1.54, 1.807) is 31.2 Å². The van der Waals surface area contributed by atoms with Gasteiger partial charge in [0.05, 0.1) is 5.75 Å². The largest absolute Gasteiger partial charge is 0.334 e. The predicted octanol–water partition coefficient (Wildman–Crippen LogP) is 3.42. The van der Waals surface area contributed by atoms with Gasteiger partial charge in [0.2, 0.25) is 10.0 Å². The lowest BCUT2D eigenvalue weighted by Gasteiger charge is -2.08. The molecule has 0 radical (unpaired) electrons. The van der Waals surface area contributed by atoms with E-state index in [1.807, 2.05) is 30.3 Å².